The summed E-state index contributed by atoms with van der Waals surface area (Å²) in [5.74, 6) is 0. The molecule has 1 aliphatic heterocycles. The van der Waals surface area contributed by atoms with E-state index in [-0.39, 0.29) is 0 Å². The van der Waals surface area contributed by atoms with E-state index in [2.05, 4.69) is 46.1 Å². The van der Waals surface area contributed by atoms with Gasteiger partial charge in [-0.15, -0.1) is 0 Å². The highest BCUT2D eigenvalue weighted by Gasteiger charge is 1.96. The maximum Gasteiger partial charge on any atom is 0.121 e. The molecule has 0 aromatic carbocycles. The first-order chi connectivity index (χ1) is 3.79. The highest BCUT2D eigenvalue weighted by molar-refractivity contribution is 14.1. The monoisotopic (exact) mass is 222 g/mol. The van der Waals surface area contributed by atoms with Gasteiger partial charge in [0.15, 0.2) is 0 Å². The van der Waals surface area contributed by atoms with Crippen molar-refractivity contribution in [1.29, 1.82) is 0 Å². The number of nitrogens with one attached hydrogen (secondary N) is 1. The Kier molecular flexibility index (Phi) is 1.88. The number of hydrazone groups is 1. The third-order valence-electron chi connectivity index (χ3n) is 0.909. The van der Waals surface area contributed by atoms with Gasteiger partial charge in [0.25, 0.3) is 0 Å². The summed E-state index contributed by atoms with van der Waals surface area (Å²) in [6.45, 7) is 2.98. The zero-order valence-electron chi connectivity index (χ0n) is 4.61. The quantitative estimate of drug-likeness (QED) is 0.613. The number of hydrogen-bond acceptors (Lipinski definition) is 2. The molecule has 1 heterocycles. The zero-order chi connectivity index (χ0) is 5.98. The van der Waals surface area contributed by atoms with Gasteiger partial charge < -0.3 is 5.43 Å². The van der Waals surface area contributed by atoms with Crippen LogP contribution in [0.1, 0.15) is 6.92 Å². The van der Waals surface area contributed by atoms with Crippen molar-refractivity contribution in [2.45, 2.75) is 6.92 Å². The maximum absolute atomic E-state index is 3.96. The smallest absolute Gasteiger partial charge is 0.121 e. The molecule has 1 N–H and O–H groups in total. The van der Waals surface area contributed by atoms with Crippen LogP contribution in [0.25, 0.3) is 0 Å². The summed E-state index contributed by atoms with van der Waals surface area (Å²) in [6.07, 6.45) is 2.07. The van der Waals surface area contributed by atoms with E-state index in [1.54, 1.807) is 0 Å². The molecule has 0 aromatic heterocycles. The Morgan fingerprint density at radius 3 is 3.00 bits per heavy atom. The fourth-order valence-electron chi connectivity index (χ4n) is 0.526. The molecule has 0 unspecified atom stereocenters. The van der Waals surface area contributed by atoms with Crippen LogP contribution in [-0.4, -0.2) is 10.3 Å². The summed E-state index contributed by atoms with van der Waals surface area (Å²) in [5, 5.41) is 3.96. The normalized spacial score (nSPS) is 18.8. The third kappa shape index (κ3) is 1.47. The SMILES string of the molecule is CC1=CC(I)=NNC1. The largest absolute Gasteiger partial charge is 0.305 e. The minimum absolute atomic E-state index is 0.895. The van der Waals surface area contributed by atoms with Gasteiger partial charge >= 0.3 is 0 Å². The lowest BCUT2D eigenvalue weighted by Gasteiger charge is -2.05. The van der Waals surface area contributed by atoms with E-state index in [0.29, 0.717) is 0 Å². The van der Waals surface area contributed by atoms with Crippen molar-refractivity contribution in [3.8, 4) is 0 Å². The van der Waals surface area contributed by atoms with Crippen LogP contribution in [0.5, 0.6) is 0 Å². The molecule has 0 saturated heterocycles. The number of nitrogens with zero attached hydrogens (tertiary/aromatic N) is 1. The van der Waals surface area contributed by atoms with E-state index >= 15 is 0 Å². The van der Waals surface area contributed by atoms with Gasteiger partial charge in [0.2, 0.25) is 0 Å². The van der Waals surface area contributed by atoms with E-state index in [1.807, 2.05) is 0 Å². The molecule has 2 nitrogen and oxygen atoms in total. The fourth-order valence-corrected chi connectivity index (χ4v) is 1.23. The number of hydrogen-bond donors (Lipinski definition) is 1. The van der Waals surface area contributed by atoms with E-state index < -0.39 is 0 Å². The highest BCUT2D eigenvalue weighted by atomic mass is 127. The third-order valence-corrected chi connectivity index (χ3v) is 1.46. The molecular formula is C5H7IN2. The van der Waals surface area contributed by atoms with Gasteiger partial charge in [-0.25, -0.2) is 0 Å². The number of halogens is 1. The molecule has 1 aliphatic rings. The molecule has 0 aromatic rings. The molecule has 0 aliphatic carbocycles. The molecule has 3 heteroatoms. The van der Waals surface area contributed by atoms with Crippen molar-refractivity contribution in [2.75, 3.05) is 6.54 Å². The average molecular weight is 222 g/mol. The van der Waals surface area contributed by atoms with E-state index in [1.165, 1.54) is 5.57 Å². The van der Waals surface area contributed by atoms with Gasteiger partial charge in [0.1, 0.15) is 3.72 Å². The second-order valence-electron chi connectivity index (χ2n) is 1.76. The molecule has 0 radical (unpaired) electrons. The van der Waals surface area contributed by atoms with Crippen LogP contribution in [-0.2, 0) is 0 Å². The lowest BCUT2D eigenvalue weighted by molar-refractivity contribution is 0.792. The van der Waals surface area contributed by atoms with Crippen LogP contribution >= 0.6 is 22.6 Å². The average Bonchev–Trinajstić information content (AvgIpc) is 1.64. The Morgan fingerprint density at radius 2 is 2.62 bits per heavy atom. The summed E-state index contributed by atoms with van der Waals surface area (Å²) >= 11 is 2.18. The number of allylic oxidation sites excluding steroid dienone is 1. The predicted octanol–water partition coefficient (Wildman–Crippen LogP) is 1.28. The summed E-state index contributed by atoms with van der Waals surface area (Å²) in [7, 11) is 0. The minimum Gasteiger partial charge on any atom is -0.305 e. The molecular weight excluding hydrogens is 215 g/mol. The summed E-state index contributed by atoms with van der Waals surface area (Å²) in [6, 6.07) is 0. The van der Waals surface area contributed by atoms with E-state index in [4.69, 9.17) is 0 Å². The van der Waals surface area contributed by atoms with Gasteiger partial charge in [-0.05, 0) is 41.2 Å². The zero-order valence-corrected chi connectivity index (χ0v) is 6.77. The van der Waals surface area contributed by atoms with Gasteiger partial charge in [-0.1, -0.05) is 0 Å². The van der Waals surface area contributed by atoms with Crippen molar-refractivity contribution in [1.82, 2.24) is 5.43 Å². The fraction of sp³-hybridized carbons (Fsp3) is 0.400. The lowest BCUT2D eigenvalue weighted by atomic mass is 10.3. The molecule has 0 bridgehead atoms. The molecule has 0 spiro atoms. The van der Waals surface area contributed by atoms with E-state index in [9.17, 15) is 0 Å². The van der Waals surface area contributed by atoms with Crippen molar-refractivity contribution in [3.05, 3.63) is 11.6 Å². The number of rotatable bonds is 0. The van der Waals surface area contributed by atoms with Gasteiger partial charge in [0.05, 0.1) is 6.54 Å². The van der Waals surface area contributed by atoms with Crippen LogP contribution in [0, 0.1) is 0 Å². The van der Waals surface area contributed by atoms with Crippen LogP contribution in [0.2, 0.25) is 0 Å². The van der Waals surface area contributed by atoms with Crippen LogP contribution < -0.4 is 5.43 Å². The molecule has 0 saturated carbocycles. The Morgan fingerprint density at radius 1 is 1.88 bits per heavy atom. The maximum atomic E-state index is 3.96. The van der Waals surface area contributed by atoms with Crippen molar-refractivity contribution in [3.63, 3.8) is 0 Å². The molecule has 44 valence electrons. The van der Waals surface area contributed by atoms with Crippen molar-refractivity contribution < 1.29 is 0 Å². The summed E-state index contributed by atoms with van der Waals surface area (Å²) in [4.78, 5) is 0. The Labute approximate surface area is 62.2 Å². The molecule has 8 heavy (non-hydrogen) atoms. The van der Waals surface area contributed by atoms with Gasteiger partial charge in [-0.2, -0.15) is 5.10 Å². The summed E-state index contributed by atoms with van der Waals surface area (Å²) in [5.41, 5.74) is 4.23. The molecule has 0 amide bonds. The predicted molar refractivity (Wildman–Crippen MR) is 43.2 cm³/mol. The lowest BCUT2D eigenvalue weighted by Crippen LogP contribution is -2.14. The topological polar surface area (TPSA) is 24.4 Å². The first-order valence-corrected chi connectivity index (χ1v) is 3.50. The second-order valence-corrected chi connectivity index (χ2v) is 2.87. The molecule has 0 atom stereocenters. The van der Waals surface area contributed by atoms with Gasteiger partial charge in [0, 0.05) is 0 Å². The minimum atomic E-state index is 0.895. The Balaban J connectivity index is 2.69. The van der Waals surface area contributed by atoms with Crippen molar-refractivity contribution in [2.24, 2.45) is 5.10 Å². The van der Waals surface area contributed by atoms with Crippen LogP contribution in [0.3, 0.4) is 0 Å². The first-order valence-electron chi connectivity index (χ1n) is 2.42. The standard InChI is InChI=1S/C5H7IN2/c1-4-2-5(6)8-7-3-4/h2,7H,3H2,1H3. The van der Waals surface area contributed by atoms with Gasteiger partial charge in [-0.3, -0.25) is 0 Å². The molecule has 0 fully saturated rings. The Bertz CT molecular complexity index is 149. The molecule has 1 rings (SSSR count). The Hall–Kier alpha value is -0.0600. The highest BCUT2D eigenvalue weighted by Crippen LogP contribution is 2.01. The van der Waals surface area contributed by atoms with E-state index in [0.717, 1.165) is 10.3 Å². The van der Waals surface area contributed by atoms with Crippen LogP contribution in [0.4, 0.5) is 0 Å². The van der Waals surface area contributed by atoms with Crippen LogP contribution in [0.15, 0.2) is 16.8 Å². The second kappa shape index (κ2) is 2.48. The summed E-state index contributed by atoms with van der Waals surface area (Å²) < 4.78 is 1.03. The van der Waals surface area contributed by atoms with Crippen molar-refractivity contribution >= 4 is 26.3 Å². The first kappa shape index (κ1) is 6.07.